The van der Waals surface area contributed by atoms with Crippen molar-refractivity contribution in [1.82, 2.24) is 0 Å². The summed E-state index contributed by atoms with van der Waals surface area (Å²) in [5.74, 6) is -1.53. The summed E-state index contributed by atoms with van der Waals surface area (Å²) >= 11 is 0. The lowest BCUT2D eigenvalue weighted by molar-refractivity contribution is -0.161. The fourth-order valence-electron chi connectivity index (χ4n) is 3.29. The minimum absolute atomic E-state index is 0.0904. The lowest BCUT2D eigenvalue weighted by Gasteiger charge is -2.34. The number of carbonyl (C=O) groups is 2. The van der Waals surface area contributed by atoms with Crippen molar-refractivity contribution in [2.75, 3.05) is 14.2 Å². The monoisotopic (exact) mass is 408 g/mol. The molecule has 0 aliphatic heterocycles. The van der Waals surface area contributed by atoms with Crippen LogP contribution in [0, 0.1) is 0 Å². The molecular formula is C22H32O7. The van der Waals surface area contributed by atoms with E-state index in [0.717, 1.165) is 24.0 Å². The van der Waals surface area contributed by atoms with Crippen molar-refractivity contribution in [2.45, 2.75) is 64.9 Å². The molecule has 1 aromatic carbocycles. The maximum absolute atomic E-state index is 12.2. The van der Waals surface area contributed by atoms with Crippen molar-refractivity contribution in [1.29, 1.82) is 0 Å². The largest absolute Gasteiger partial charge is 0.502 e. The summed E-state index contributed by atoms with van der Waals surface area (Å²) in [6.07, 6.45) is 4.77. The number of methoxy groups -OCH3 is 2. The van der Waals surface area contributed by atoms with Crippen LogP contribution in [0.3, 0.4) is 0 Å². The quantitative estimate of drug-likeness (QED) is 0.386. The van der Waals surface area contributed by atoms with Gasteiger partial charge in [-0.05, 0) is 49.0 Å². The number of phenolic OH excluding ortho intramolecular Hbond substituents is 1. The summed E-state index contributed by atoms with van der Waals surface area (Å²) in [5.41, 5.74) is 0.709. The number of esters is 1. The first-order chi connectivity index (χ1) is 13.8. The zero-order valence-corrected chi connectivity index (χ0v) is 17.9. The number of phenols is 1. The van der Waals surface area contributed by atoms with E-state index >= 15 is 0 Å². The smallest absolute Gasteiger partial charge is 0.318 e. The molecular weight excluding hydrogens is 376 g/mol. The molecule has 0 fully saturated rings. The number of aromatic hydroxyl groups is 1. The summed E-state index contributed by atoms with van der Waals surface area (Å²) in [6, 6.07) is 3.36. The number of carboxylic acid groups (broad SMARTS) is 1. The number of carboxylic acids is 1. The Labute approximate surface area is 172 Å². The van der Waals surface area contributed by atoms with E-state index in [4.69, 9.17) is 19.3 Å². The van der Waals surface area contributed by atoms with E-state index in [1.807, 2.05) is 19.9 Å². The van der Waals surface area contributed by atoms with E-state index in [1.165, 1.54) is 14.2 Å². The fraction of sp³-hybridized carbons (Fsp3) is 0.545. The Balaban J connectivity index is 3.48. The molecule has 7 heteroatoms. The predicted molar refractivity (Wildman–Crippen MR) is 110 cm³/mol. The molecule has 2 N–H and O–H groups in total. The molecule has 0 spiro atoms. The van der Waals surface area contributed by atoms with Crippen molar-refractivity contribution in [3.05, 3.63) is 23.3 Å². The minimum atomic E-state index is -1.22. The SMILES string of the molecule is CCCCC(=Cc1cc(OC)c(O)c(OC)c1)C(CC)(CC)OC(=O)CC(=O)O. The highest BCUT2D eigenvalue weighted by molar-refractivity contribution is 5.90. The Bertz CT molecular complexity index is 708. The average molecular weight is 408 g/mol. The van der Waals surface area contributed by atoms with Crippen LogP contribution in [0.4, 0.5) is 0 Å². The number of unbranched alkanes of at least 4 members (excludes halogenated alkanes) is 1. The summed E-state index contributed by atoms with van der Waals surface area (Å²) in [4.78, 5) is 23.1. The van der Waals surface area contributed by atoms with Gasteiger partial charge in [0.1, 0.15) is 12.0 Å². The van der Waals surface area contributed by atoms with Gasteiger partial charge in [0.05, 0.1) is 14.2 Å². The minimum Gasteiger partial charge on any atom is -0.502 e. The van der Waals surface area contributed by atoms with Gasteiger partial charge in [-0.25, -0.2) is 0 Å². The molecule has 0 bridgehead atoms. The second-order valence-electron chi connectivity index (χ2n) is 6.79. The molecule has 7 nitrogen and oxygen atoms in total. The van der Waals surface area contributed by atoms with Gasteiger partial charge in [0, 0.05) is 0 Å². The van der Waals surface area contributed by atoms with Crippen molar-refractivity contribution in [3.63, 3.8) is 0 Å². The maximum Gasteiger partial charge on any atom is 0.318 e. The molecule has 29 heavy (non-hydrogen) atoms. The van der Waals surface area contributed by atoms with Gasteiger partial charge in [-0.2, -0.15) is 0 Å². The number of hydrogen-bond acceptors (Lipinski definition) is 6. The number of hydrogen-bond donors (Lipinski definition) is 2. The van der Waals surface area contributed by atoms with Crippen molar-refractivity contribution >= 4 is 18.0 Å². The Morgan fingerprint density at radius 1 is 1.07 bits per heavy atom. The molecule has 0 amide bonds. The van der Waals surface area contributed by atoms with Gasteiger partial charge < -0.3 is 24.4 Å². The van der Waals surface area contributed by atoms with Crippen molar-refractivity contribution in [3.8, 4) is 17.2 Å². The first-order valence-electron chi connectivity index (χ1n) is 9.86. The zero-order valence-electron chi connectivity index (χ0n) is 17.9. The summed E-state index contributed by atoms with van der Waals surface area (Å²) in [7, 11) is 2.91. The van der Waals surface area contributed by atoms with Crippen molar-refractivity contribution in [2.24, 2.45) is 0 Å². The van der Waals surface area contributed by atoms with Gasteiger partial charge >= 0.3 is 11.9 Å². The molecule has 0 atom stereocenters. The lowest BCUT2D eigenvalue weighted by Crippen LogP contribution is -2.36. The number of ether oxygens (including phenoxy) is 3. The normalized spacial score (nSPS) is 11.8. The van der Waals surface area contributed by atoms with Crippen LogP contribution in [-0.2, 0) is 14.3 Å². The third-order valence-electron chi connectivity index (χ3n) is 4.97. The van der Waals surface area contributed by atoms with Crippen LogP contribution in [0.25, 0.3) is 6.08 Å². The molecule has 0 aliphatic carbocycles. The van der Waals surface area contributed by atoms with E-state index in [0.29, 0.717) is 19.3 Å². The first-order valence-corrected chi connectivity index (χ1v) is 9.86. The van der Waals surface area contributed by atoms with Gasteiger partial charge in [-0.3, -0.25) is 9.59 Å². The van der Waals surface area contributed by atoms with Crippen LogP contribution in [-0.4, -0.2) is 42.0 Å². The molecule has 1 aromatic rings. The molecule has 0 aliphatic rings. The standard InChI is InChI=1S/C22H32O7/c1-6-9-10-16(22(7-2,8-3)29-20(25)14-19(23)24)11-15-12-17(27-4)21(26)18(13-15)28-5/h11-13,26H,6-10,14H2,1-5H3,(H,23,24). The predicted octanol–water partition coefficient (Wildman–Crippen LogP) is 4.56. The molecule has 1 rings (SSSR count). The Morgan fingerprint density at radius 2 is 1.62 bits per heavy atom. The molecule has 0 saturated carbocycles. The van der Waals surface area contributed by atoms with E-state index in [9.17, 15) is 14.7 Å². The number of aliphatic carboxylic acids is 1. The Hall–Kier alpha value is -2.70. The van der Waals surface area contributed by atoms with Crippen molar-refractivity contribution < 1.29 is 34.0 Å². The lowest BCUT2D eigenvalue weighted by atomic mass is 9.83. The van der Waals surface area contributed by atoms with Gasteiger partial charge in [-0.1, -0.05) is 33.3 Å². The van der Waals surface area contributed by atoms with Crippen LogP contribution < -0.4 is 9.47 Å². The fourth-order valence-corrected chi connectivity index (χ4v) is 3.29. The van der Waals surface area contributed by atoms with Crippen LogP contribution in [0.1, 0.15) is 64.9 Å². The number of rotatable bonds is 12. The van der Waals surface area contributed by atoms with Crippen LogP contribution in [0.2, 0.25) is 0 Å². The highest BCUT2D eigenvalue weighted by atomic mass is 16.6. The zero-order chi connectivity index (χ0) is 22.0. The molecule has 0 saturated heterocycles. The molecule has 162 valence electrons. The third-order valence-corrected chi connectivity index (χ3v) is 4.97. The van der Waals surface area contributed by atoms with E-state index in [1.54, 1.807) is 12.1 Å². The summed E-state index contributed by atoms with van der Waals surface area (Å²) in [5, 5.41) is 19.1. The van der Waals surface area contributed by atoms with Gasteiger partial charge in [0.2, 0.25) is 5.75 Å². The van der Waals surface area contributed by atoms with Gasteiger partial charge in [-0.15, -0.1) is 0 Å². The van der Waals surface area contributed by atoms with Crippen LogP contribution in [0.5, 0.6) is 17.2 Å². The highest BCUT2D eigenvalue weighted by Crippen LogP contribution is 2.40. The third kappa shape index (κ3) is 6.41. The van der Waals surface area contributed by atoms with Crippen LogP contribution in [0.15, 0.2) is 17.7 Å². The Morgan fingerprint density at radius 3 is 2.03 bits per heavy atom. The van der Waals surface area contributed by atoms with E-state index in [2.05, 4.69) is 6.92 Å². The van der Waals surface area contributed by atoms with E-state index < -0.39 is 24.0 Å². The summed E-state index contributed by atoms with van der Waals surface area (Å²) < 4.78 is 16.2. The summed E-state index contributed by atoms with van der Waals surface area (Å²) in [6.45, 7) is 5.89. The number of carbonyl (C=O) groups excluding carboxylic acids is 1. The molecule has 0 unspecified atom stereocenters. The molecule has 0 heterocycles. The van der Waals surface area contributed by atoms with Crippen LogP contribution >= 0.6 is 0 Å². The second-order valence-corrected chi connectivity index (χ2v) is 6.79. The maximum atomic E-state index is 12.2. The average Bonchev–Trinajstić information content (AvgIpc) is 2.69. The van der Waals surface area contributed by atoms with Gasteiger partial charge in [0.25, 0.3) is 0 Å². The first kappa shape index (κ1) is 24.3. The number of benzene rings is 1. The molecule has 0 radical (unpaired) electrons. The van der Waals surface area contributed by atoms with Gasteiger partial charge in [0.15, 0.2) is 11.5 Å². The topological polar surface area (TPSA) is 102 Å². The second kappa shape index (κ2) is 11.3. The highest BCUT2D eigenvalue weighted by Gasteiger charge is 2.35. The molecule has 0 aromatic heterocycles. The van der Waals surface area contributed by atoms with E-state index in [-0.39, 0.29) is 17.2 Å². The Kier molecular flexibility index (Phi) is 9.51.